The monoisotopic (exact) mass is 375 g/mol. The van der Waals surface area contributed by atoms with Crippen molar-refractivity contribution in [2.45, 2.75) is 52.1 Å². The van der Waals surface area contributed by atoms with Gasteiger partial charge in [-0.05, 0) is 31.0 Å². The molecule has 1 amide bonds. The molecule has 1 fully saturated rings. The number of carbonyl (C=O) groups excluding carboxylic acids is 1. The summed E-state index contributed by atoms with van der Waals surface area (Å²) in [6.07, 6.45) is 4.72. The van der Waals surface area contributed by atoms with Gasteiger partial charge >= 0.3 is 0 Å². The van der Waals surface area contributed by atoms with E-state index in [9.17, 15) is 4.79 Å². The lowest BCUT2D eigenvalue weighted by Gasteiger charge is -2.34. The molecule has 27 heavy (non-hydrogen) atoms. The standard InChI is InChI=1S/C21H33N3O3/c1-3-4-5-6-17(2)22-21(25)15-24-11-9-23(10-12-24)14-18-7-8-19-20(13-18)27-16-26-19/h7-8,13,17H,3-6,9-12,14-16H2,1-2H3,(H,22,25)/t17-/m1/s1. The van der Waals surface area contributed by atoms with Crippen molar-refractivity contribution in [3.8, 4) is 11.5 Å². The third-order valence-electron chi connectivity index (χ3n) is 5.32. The predicted octanol–water partition coefficient (Wildman–Crippen LogP) is 2.62. The van der Waals surface area contributed by atoms with Crippen LogP contribution in [0.1, 0.15) is 45.1 Å². The second kappa shape index (κ2) is 9.95. The topological polar surface area (TPSA) is 54.0 Å². The van der Waals surface area contributed by atoms with Gasteiger partial charge in [-0.15, -0.1) is 0 Å². The summed E-state index contributed by atoms with van der Waals surface area (Å²) in [5.74, 6) is 1.83. The van der Waals surface area contributed by atoms with E-state index in [1.54, 1.807) is 0 Å². The third-order valence-corrected chi connectivity index (χ3v) is 5.32. The van der Waals surface area contributed by atoms with Crippen LogP contribution in [0.25, 0.3) is 0 Å². The molecule has 1 aromatic rings. The van der Waals surface area contributed by atoms with E-state index < -0.39 is 0 Å². The normalized spacial score (nSPS) is 18.4. The van der Waals surface area contributed by atoms with E-state index in [0.717, 1.165) is 50.6 Å². The number of rotatable bonds is 9. The van der Waals surface area contributed by atoms with Gasteiger partial charge in [0.1, 0.15) is 0 Å². The van der Waals surface area contributed by atoms with Gasteiger partial charge in [0.15, 0.2) is 11.5 Å². The highest BCUT2D eigenvalue weighted by atomic mass is 16.7. The van der Waals surface area contributed by atoms with E-state index in [1.165, 1.54) is 24.8 Å². The number of hydrogen-bond acceptors (Lipinski definition) is 5. The molecule has 0 spiro atoms. The van der Waals surface area contributed by atoms with Crippen LogP contribution in [0.5, 0.6) is 11.5 Å². The lowest BCUT2D eigenvalue weighted by Crippen LogP contribution is -2.49. The van der Waals surface area contributed by atoms with Gasteiger partial charge in [-0.3, -0.25) is 14.6 Å². The van der Waals surface area contributed by atoms with Crippen LogP contribution in [0, 0.1) is 0 Å². The molecule has 150 valence electrons. The van der Waals surface area contributed by atoms with E-state index >= 15 is 0 Å². The van der Waals surface area contributed by atoms with Crippen LogP contribution >= 0.6 is 0 Å². The molecule has 0 aliphatic carbocycles. The second-order valence-electron chi connectivity index (χ2n) is 7.70. The average Bonchev–Trinajstić information content (AvgIpc) is 3.11. The Bertz CT molecular complexity index is 615. The van der Waals surface area contributed by atoms with E-state index in [4.69, 9.17) is 9.47 Å². The number of piperazine rings is 1. The number of amides is 1. The highest BCUT2D eigenvalue weighted by Crippen LogP contribution is 2.32. The van der Waals surface area contributed by atoms with Crippen LogP contribution in [-0.4, -0.2) is 61.3 Å². The van der Waals surface area contributed by atoms with Gasteiger partial charge in [-0.2, -0.15) is 0 Å². The van der Waals surface area contributed by atoms with Gasteiger partial charge in [0, 0.05) is 38.8 Å². The fourth-order valence-corrected chi connectivity index (χ4v) is 3.70. The number of fused-ring (bicyclic) bond motifs is 1. The molecule has 1 N–H and O–H groups in total. The maximum atomic E-state index is 12.2. The molecule has 0 saturated carbocycles. The van der Waals surface area contributed by atoms with Crippen molar-refractivity contribution < 1.29 is 14.3 Å². The van der Waals surface area contributed by atoms with Crippen LogP contribution in [0.2, 0.25) is 0 Å². The van der Waals surface area contributed by atoms with Crippen molar-refractivity contribution in [3.05, 3.63) is 23.8 Å². The van der Waals surface area contributed by atoms with Gasteiger partial charge in [0.2, 0.25) is 12.7 Å². The SMILES string of the molecule is CCCCC[C@@H](C)NC(=O)CN1CCN(Cc2ccc3c(c2)OCO3)CC1. The molecule has 2 aliphatic heterocycles. The molecule has 0 radical (unpaired) electrons. The highest BCUT2D eigenvalue weighted by molar-refractivity contribution is 5.78. The average molecular weight is 376 g/mol. The second-order valence-corrected chi connectivity index (χ2v) is 7.70. The zero-order valence-corrected chi connectivity index (χ0v) is 16.7. The summed E-state index contributed by atoms with van der Waals surface area (Å²) in [6.45, 7) is 9.87. The molecule has 1 aromatic carbocycles. The largest absolute Gasteiger partial charge is 0.454 e. The van der Waals surface area contributed by atoms with E-state index in [0.29, 0.717) is 13.3 Å². The number of ether oxygens (including phenoxy) is 2. The molecule has 3 rings (SSSR count). The Morgan fingerprint density at radius 3 is 2.63 bits per heavy atom. The zero-order chi connectivity index (χ0) is 19.1. The van der Waals surface area contributed by atoms with Gasteiger partial charge in [-0.1, -0.05) is 32.3 Å². The van der Waals surface area contributed by atoms with E-state index in [2.05, 4.69) is 41.1 Å². The minimum Gasteiger partial charge on any atom is -0.454 e. The maximum absolute atomic E-state index is 12.2. The molecule has 0 aromatic heterocycles. The lowest BCUT2D eigenvalue weighted by molar-refractivity contribution is -0.123. The number of nitrogens with zero attached hydrogens (tertiary/aromatic N) is 2. The van der Waals surface area contributed by atoms with E-state index in [-0.39, 0.29) is 11.9 Å². The quantitative estimate of drug-likeness (QED) is 0.673. The van der Waals surface area contributed by atoms with Crippen molar-refractivity contribution in [3.63, 3.8) is 0 Å². The summed E-state index contributed by atoms with van der Waals surface area (Å²) < 4.78 is 10.8. The van der Waals surface area contributed by atoms with Gasteiger partial charge < -0.3 is 14.8 Å². The Morgan fingerprint density at radius 2 is 1.85 bits per heavy atom. The Hall–Kier alpha value is -1.79. The van der Waals surface area contributed by atoms with Gasteiger partial charge in [0.25, 0.3) is 0 Å². The van der Waals surface area contributed by atoms with E-state index in [1.807, 2.05) is 6.07 Å². The number of benzene rings is 1. The summed E-state index contributed by atoms with van der Waals surface area (Å²) >= 11 is 0. The van der Waals surface area contributed by atoms with Crippen molar-refractivity contribution in [1.29, 1.82) is 0 Å². The highest BCUT2D eigenvalue weighted by Gasteiger charge is 2.20. The Balaban J connectivity index is 1.35. The van der Waals surface area contributed by atoms with Crippen LogP contribution < -0.4 is 14.8 Å². The van der Waals surface area contributed by atoms with Gasteiger partial charge in [-0.25, -0.2) is 0 Å². The Kier molecular flexibility index (Phi) is 7.35. The summed E-state index contributed by atoms with van der Waals surface area (Å²) in [6, 6.07) is 6.44. The van der Waals surface area contributed by atoms with Crippen LogP contribution in [0.15, 0.2) is 18.2 Å². The third kappa shape index (κ3) is 6.11. The zero-order valence-electron chi connectivity index (χ0n) is 16.7. The molecule has 1 saturated heterocycles. The first-order valence-corrected chi connectivity index (χ1v) is 10.3. The summed E-state index contributed by atoms with van der Waals surface area (Å²) in [5, 5.41) is 3.14. The summed E-state index contributed by atoms with van der Waals surface area (Å²) in [4.78, 5) is 16.9. The molecule has 0 unspecified atom stereocenters. The Labute approximate surface area is 162 Å². The van der Waals surface area contributed by atoms with Crippen molar-refractivity contribution >= 4 is 5.91 Å². The fraction of sp³-hybridized carbons (Fsp3) is 0.667. The molecular weight excluding hydrogens is 342 g/mol. The molecule has 2 heterocycles. The number of hydrogen-bond donors (Lipinski definition) is 1. The molecule has 6 nitrogen and oxygen atoms in total. The molecular formula is C21H33N3O3. The number of carbonyl (C=O) groups is 1. The predicted molar refractivity (Wildman–Crippen MR) is 106 cm³/mol. The summed E-state index contributed by atoms with van der Waals surface area (Å²) in [5.41, 5.74) is 1.24. The smallest absolute Gasteiger partial charge is 0.234 e. The van der Waals surface area contributed by atoms with Crippen molar-refractivity contribution in [2.24, 2.45) is 0 Å². The maximum Gasteiger partial charge on any atom is 0.234 e. The molecule has 0 bridgehead atoms. The van der Waals surface area contributed by atoms with Crippen molar-refractivity contribution in [1.82, 2.24) is 15.1 Å². The fourth-order valence-electron chi connectivity index (χ4n) is 3.70. The number of unbranched alkanes of at least 4 members (excludes halogenated alkanes) is 2. The van der Waals surface area contributed by atoms with Crippen LogP contribution in [0.3, 0.4) is 0 Å². The molecule has 2 aliphatic rings. The Morgan fingerprint density at radius 1 is 1.11 bits per heavy atom. The van der Waals surface area contributed by atoms with Gasteiger partial charge in [0.05, 0.1) is 6.54 Å². The van der Waals surface area contributed by atoms with Crippen LogP contribution in [-0.2, 0) is 11.3 Å². The first-order chi connectivity index (χ1) is 13.1. The number of nitrogens with one attached hydrogen (secondary N) is 1. The first-order valence-electron chi connectivity index (χ1n) is 10.3. The minimum absolute atomic E-state index is 0.156. The van der Waals surface area contributed by atoms with Crippen LogP contribution in [0.4, 0.5) is 0 Å². The molecule has 6 heteroatoms. The molecule has 1 atom stereocenters. The summed E-state index contributed by atoms with van der Waals surface area (Å²) in [7, 11) is 0. The minimum atomic E-state index is 0.156. The van der Waals surface area contributed by atoms with Crippen molar-refractivity contribution in [2.75, 3.05) is 39.5 Å². The lowest BCUT2D eigenvalue weighted by atomic mass is 10.1. The first kappa shape index (κ1) is 20.0.